The van der Waals surface area contributed by atoms with E-state index in [1.165, 1.54) is 0 Å². The lowest BCUT2D eigenvalue weighted by molar-refractivity contribution is 0.609. The predicted octanol–water partition coefficient (Wildman–Crippen LogP) is 4.81. The number of rotatable bonds is 4. The number of nitrogens with one attached hydrogen (secondary N) is 1. The summed E-state index contributed by atoms with van der Waals surface area (Å²) in [5.41, 5.74) is 2.92. The van der Waals surface area contributed by atoms with Crippen LogP contribution in [0.4, 0.5) is 11.4 Å². The van der Waals surface area contributed by atoms with Gasteiger partial charge in [-0.3, -0.25) is 0 Å². The maximum absolute atomic E-state index is 9.23. The van der Waals surface area contributed by atoms with E-state index in [-0.39, 0.29) is 6.04 Å². The molecule has 1 aliphatic heterocycles. The highest BCUT2D eigenvalue weighted by Gasteiger charge is 2.27. The molecule has 1 aliphatic rings. The molecule has 0 radical (unpaired) electrons. The Kier molecular flexibility index (Phi) is 4.82. The van der Waals surface area contributed by atoms with Crippen molar-refractivity contribution < 1.29 is 0 Å². The van der Waals surface area contributed by atoms with Crippen molar-refractivity contribution in [3.63, 3.8) is 0 Å². The highest BCUT2D eigenvalue weighted by atomic mass is 35.5. The normalized spacial score (nSPS) is 13.9. The van der Waals surface area contributed by atoms with Crippen LogP contribution in [0, 0.1) is 11.3 Å². The number of hydrogen-bond donors (Lipinski definition) is 1. The number of fused-ring (bicyclic) bond motifs is 2. The number of halogens is 1. The minimum absolute atomic E-state index is 0.267. The van der Waals surface area contributed by atoms with Gasteiger partial charge in [-0.2, -0.15) is 5.26 Å². The Bertz CT molecular complexity index is 769. The molecule has 0 fully saturated rings. The zero-order valence-electron chi connectivity index (χ0n) is 13.1. The van der Waals surface area contributed by atoms with Crippen molar-refractivity contribution in [2.24, 2.45) is 0 Å². The minimum Gasteiger partial charge on any atom is -0.335 e. The number of likely N-dealkylation sites (N-methyl/N-ethyl adjacent to an activating group) is 1. The van der Waals surface area contributed by atoms with Gasteiger partial charge in [0.15, 0.2) is 0 Å². The van der Waals surface area contributed by atoms with Gasteiger partial charge in [0, 0.05) is 27.4 Å². The summed E-state index contributed by atoms with van der Waals surface area (Å²) in [6, 6.07) is 14.4. The fraction of sp³-hybridized carbons (Fsp3) is 0.278. The van der Waals surface area contributed by atoms with E-state index in [4.69, 9.17) is 11.6 Å². The average Bonchev–Trinajstić information content (AvgIpc) is 2.56. The van der Waals surface area contributed by atoms with Gasteiger partial charge in [0.2, 0.25) is 0 Å². The van der Waals surface area contributed by atoms with Crippen LogP contribution >= 0.6 is 23.4 Å². The Balaban J connectivity index is 2.10. The third-order valence-electron chi connectivity index (χ3n) is 3.88. The summed E-state index contributed by atoms with van der Waals surface area (Å²) in [6.45, 7) is 6.11. The van der Waals surface area contributed by atoms with Gasteiger partial charge < -0.3 is 10.2 Å². The van der Waals surface area contributed by atoms with Crippen LogP contribution in [0.2, 0.25) is 5.02 Å². The van der Waals surface area contributed by atoms with Crippen molar-refractivity contribution in [1.29, 1.82) is 5.26 Å². The van der Waals surface area contributed by atoms with Crippen LogP contribution < -0.4 is 10.2 Å². The third kappa shape index (κ3) is 3.18. The second-order valence-electron chi connectivity index (χ2n) is 5.54. The lowest BCUT2D eigenvalue weighted by atomic mass is 10.1. The van der Waals surface area contributed by atoms with E-state index in [9.17, 15) is 5.26 Å². The molecule has 0 saturated carbocycles. The maximum atomic E-state index is 9.23. The van der Waals surface area contributed by atoms with Crippen LogP contribution in [0.25, 0.3) is 0 Å². The molecular weight excluding hydrogens is 326 g/mol. The summed E-state index contributed by atoms with van der Waals surface area (Å²) in [5.74, 6) is 0. The lowest BCUT2D eigenvalue weighted by Gasteiger charge is -2.37. The molecule has 0 saturated heterocycles. The fourth-order valence-corrected chi connectivity index (χ4v) is 4.13. The van der Waals surface area contributed by atoms with Gasteiger partial charge in [-0.15, -0.1) is 0 Å². The average molecular weight is 344 g/mol. The molecule has 2 aromatic rings. The van der Waals surface area contributed by atoms with Crippen LogP contribution in [0.3, 0.4) is 0 Å². The molecule has 0 aliphatic carbocycles. The second-order valence-corrected chi connectivity index (χ2v) is 7.06. The van der Waals surface area contributed by atoms with Crippen LogP contribution in [-0.2, 0) is 0 Å². The van der Waals surface area contributed by atoms with E-state index in [2.05, 4.69) is 36.2 Å². The van der Waals surface area contributed by atoms with E-state index in [0.29, 0.717) is 5.56 Å². The SMILES string of the molecule is CCNCC(C)N1c2ccc(Cl)cc2Sc2ccc(C#N)cc21. The molecule has 1 atom stereocenters. The standard InChI is InChI=1S/C18H18ClN3S/c1-3-21-11-12(2)22-15-6-5-14(19)9-18(15)23-17-7-4-13(10-20)8-16(17)22/h4-9,12,21H,3,11H2,1-2H3. The molecule has 23 heavy (non-hydrogen) atoms. The maximum Gasteiger partial charge on any atom is 0.0992 e. The lowest BCUT2D eigenvalue weighted by Crippen LogP contribution is -2.38. The van der Waals surface area contributed by atoms with Gasteiger partial charge >= 0.3 is 0 Å². The summed E-state index contributed by atoms with van der Waals surface area (Å²) in [7, 11) is 0. The molecule has 1 heterocycles. The molecule has 3 nitrogen and oxygen atoms in total. The zero-order chi connectivity index (χ0) is 16.4. The molecule has 0 aromatic heterocycles. The van der Waals surface area contributed by atoms with E-state index in [0.717, 1.165) is 39.3 Å². The van der Waals surface area contributed by atoms with Gasteiger partial charge in [0.1, 0.15) is 0 Å². The predicted molar refractivity (Wildman–Crippen MR) is 96.9 cm³/mol. The Hall–Kier alpha value is -1.67. The van der Waals surface area contributed by atoms with Crippen LogP contribution in [0.1, 0.15) is 19.4 Å². The zero-order valence-corrected chi connectivity index (χ0v) is 14.7. The van der Waals surface area contributed by atoms with Crippen molar-refractivity contribution in [2.45, 2.75) is 29.7 Å². The van der Waals surface area contributed by atoms with Gasteiger partial charge in [0.25, 0.3) is 0 Å². The van der Waals surface area contributed by atoms with Crippen LogP contribution in [-0.4, -0.2) is 19.1 Å². The smallest absolute Gasteiger partial charge is 0.0992 e. The highest BCUT2D eigenvalue weighted by molar-refractivity contribution is 7.99. The van der Waals surface area contributed by atoms with Crippen LogP contribution in [0.15, 0.2) is 46.2 Å². The number of benzene rings is 2. The molecule has 0 spiro atoms. The summed E-state index contributed by atoms with van der Waals surface area (Å²) in [5, 5.41) is 13.4. The Morgan fingerprint density at radius 2 is 2.04 bits per heavy atom. The van der Waals surface area contributed by atoms with Crippen molar-refractivity contribution in [3.8, 4) is 6.07 Å². The summed E-state index contributed by atoms with van der Waals surface area (Å²) in [4.78, 5) is 4.61. The summed E-state index contributed by atoms with van der Waals surface area (Å²) < 4.78 is 0. The van der Waals surface area contributed by atoms with Crippen molar-refractivity contribution in [2.75, 3.05) is 18.0 Å². The molecule has 118 valence electrons. The fourth-order valence-electron chi connectivity index (χ4n) is 2.80. The second kappa shape index (κ2) is 6.84. The molecule has 0 amide bonds. The molecule has 1 N–H and O–H groups in total. The van der Waals surface area contributed by atoms with Gasteiger partial charge in [-0.1, -0.05) is 30.3 Å². The molecule has 2 aromatic carbocycles. The van der Waals surface area contributed by atoms with Crippen molar-refractivity contribution in [1.82, 2.24) is 5.32 Å². The Labute approximate surface area is 146 Å². The molecule has 1 unspecified atom stereocenters. The van der Waals surface area contributed by atoms with Gasteiger partial charge in [0.05, 0.1) is 23.0 Å². The largest absolute Gasteiger partial charge is 0.335 e. The first-order valence-electron chi connectivity index (χ1n) is 7.65. The molecule has 5 heteroatoms. The van der Waals surface area contributed by atoms with E-state index < -0.39 is 0 Å². The first-order chi connectivity index (χ1) is 11.1. The number of anilines is 2. The topological polar surface area (TPSA) is 39.1 Å². The number of hydrogen-bond acceptors (Lipinski definition) is 4. The third-order valence-corrected chi connectivity index (χ3v) is 5.23. The van der Waals surface area contributed by atoms with Crippen molar-refractivity contribution in [3.05, 3.63) is 47.0 Å². The number of nitriles is 1. The Morgan fingerprint density at radius 1 is 1.22 bits per heavy atom. The van der Waals surface area contributed by atoms with Crippen LogP contribution in [0.5, 0.6) is 0 Å². The molecular formula is C18H18ClN3S. The van der Waals surface area contributed by atoms with E-state index >= 15 is 0 Å². The summed E-state index contributed by atoms with van der Waals surface area (Å²) in [6.07, 6.45) is 0. The molecule has 0 bridgehead atoms. The highest BCUT2D eigenvalue weighted by Crippen LogP contribution is 2.49. The first-order valence-corrected chi connectivity index (χ1v) is 8.85. The first kappa shape index (κ1) is 16.2. The van der Waals surface area contributed by atoms with Gasteiger partial charge in [-0.25, -0.2) is 0 Å². The molecule has 3 rings (SSSR count). The minimum atomic E-state index is 0.267. The Morgan fingerprint density at radius 3 is 2.78 bits per heavy atom. The van der Waals surface area contributed by atoms with Crippen molar-refractivity contribution >= 4 is 34.7 Å². The summed E-state index contributed by atoms with van der Waals surface area (Å²) >= 11 is 7.88. The van der Waals surface area contributed by atoms with Gasteiger partial charge in [-0.05, 0) is 49.9 Å². The van der Waals surface area contributed by atoms with E-state index in [1.54, 1.807) is 11.8 Å². The van der Waals surface area contributed by atoms with E-state index in [1.807, 2.05) is 30.3 Å². The number of nitrogens with zero attached hydrogens (tertiary/aromatic N) is 2. The quantitative estimate of drug-likeness (QED) is 0.864. The monoisotopic (exact) mass is 343 g/mol.